The maximum atomic E-state index is 12.5. The van der Waals surface area contributed by atoms with Crippen LogP contribution in [-0.2, 0) is 4.74 Å². The van der Waals surface area contributed by atoms with E-state index in [0.717, 1.165) is 29.1 Å². The Balaban J connectivity index is 1.67. The molecular weight excluding hydrogens is 352 g/mol. The summed E-state index contributed by atoms with van der Waals surface area (Å²) in [6, 6.07) is 12.1. The van der Waals surface area contributed by atoms with Gasteiger partial charge in [-0.1, -0.05) is 24.3 Å². The van der Waals surface area contributed by atoms with Crippen molar-refractivity contribution in [2.75, 3.05) is 6.54 Å². The fourth-order valence-electron chi connectivity index (χ4n) is 3.48. The molecule has 3 rings (SSSR count). The van der Waals surface area contributed by atoms with Gasteiger partial charge in [0.05, 0.1) is 23.2 Å². The van der Waals surface area contributed by atoms with Crippen LogP contribution in [0.4, 0.5) is 4.79 Å². The van der Waals surface area contributed by atoms with Crippen molar-refractivity contribution in [1.29, 1.82) is 5.26 Å². The van der Waals surface area contributed by atoms with Gasteiger partial charge in [0.1, 0.15) is 11.9 Å². The van der Waals surface area contributed by atoms with Crippen molar-refractivity contribution in [3.05, 3.63) is 47.9 Å². The summed E-state index contributed by atoms with van der Waals surface area (Å²) < 4.78 is 5.60. The Bertz CT molecular complexity index is 886. The lowest BCUT2D eigenvalue weighted by atomic mass is 9.87. The summed E-state index contributed by atoms with van der Waals surface area (Å²) in [5.41, 5.74) is 2.45. The molecule has 6 heteroatoms. The van der Waals surface area contributed by atoms with Gasteiger partial charge in [-0.05, 0) is 39.3 Å². The molecule has 1 aromatic heterocycles. The van der Waals surface area contributed by atoms with E-state index in [9.17, 15) is 10.1 Å². The summed E-state index contributed by atoms with van der Waals surface area (Å²) in [7, 11) is 0. The topological polar surface area (TPSA) is 79.1 Å². The molecule has 0 saturated carbocycles. The lowest BCUT2D eigenvalue weighted by molar-refractivity contribution is 0.000798. The fraction of sp³-hybridized carbons (Fsp3) is 0.455. The van der Waals surface area contributed by atoms with Crippen LogP contribution in [0.2, 0.25) is 0 Å². The van der Waals surface area contributed by atoms with Crippen molar-refractivity contribution in [1.82, 2.24) is 14.9 Å². The highest BCUT2D eigenvalue weighted by atomic mass is 16.6. The Morgan fingerprint density at radius 1 is 1.32 bits per heavy atom. The molecule has 6 nitrogen and oxygen atoms in total. The SMILES string of the molecule is Cc1nccc(-c2ccc(C(C)N3CCC(CC(C)(C)C#N)OC3=O)cc2)n1. The first-order chi connectivity index (χ1) is 13.3. The maximum absolute atomic E-state index is 12.5. The number of hydrogen-bond acceptors (Lipinski definition) is 5. The molecule has 1 aromatic carbocycles. The molecular formula is C22H26N4O2. The normalized spacial score (nSPS) is 18.3. The first-order valence-corrected chi connectivity index (χ1v) is 9.57. The highest BCUT2D eigenvalue weighted by Gasteiger charge is 2.34. The second-order valence-electron chi connectivity index (χ2n) is 7.97. The Morgan fingerprint density at radius 3 is 2.64 bits per heavy atom. The number of cyclic esters (lactones) is 1. The highest BCUT2D eigenvalue weighted by molar-refractivity contribution is 5.69. The number of aryl methyl sites for hydroxylation is 1. The maximum Gasteiger partial charge on any atom is 0.410 e. The van der Waals surface area contributed by atoms with E-state index < -0.39 is 5.41 Å². The summed E-state index contributed by atoms with van der Waals surface area (Å²) in [6.45, 7) is 8.24. The molecule has 1 aliphatic rings. The number of carbonyl (C=O) groups excluding carboxylic acids is 1. The van der Waals surface area contributed by atoms with Crippen LogP contribution in [-0.4, -0.2) is 33.6 Å². The second kappa shape index (κ2) is 7.97. The molecule has 28 heavy (non-hydrogen) atoms. The lowest BCUT2D eigenvalue weighted by Crippen LogP contribution is -2.44. The smallest absolute Gasteiger partial charge is 0.410 e. The summed E-state index contributed by atoms with van der Waals surface area (Å²) in [5, 5.41) is 9.19. The molecule has 0 spiro atoms. The number of amides is 1. The monoisotopic (exact) mass is 378 g/mol. The van der Waals surface area contributed by atoms with Crippen LogP contribution in [0.1, 0.15) is 51.0 Å². The molecule has 0 bridgehead atoms. The largest absolute Gasteiger partial charge is 0.446 e. The predicted molar refractivity (Wildman–Crippen MR) is 106 cm³/mol. The molecule has 2 aromatic rings. The van der Waals surface area contributed by atoms with Crippen molar-refractivity contribution in [2.24, 2.45) is 5.41 Å². The second-order valence-corrected chi connectivity index (χ2v) is 7.97. The van der Waals surface area contributed by atoms with E-state index in [4.69, 9.17) is 4.74 Å². The van der Waals surface area contributed by atoms with Crippen LogP contribution in [0.15, 0.2) is 36.5 Å². The van der Waals surface area contributed by atoms with Crippen molar-refractivity contribution >= 4 is 6.09 Å². The van der Waals surface area contributed by atoms with E-state index >= 15 is 0 Å². The molecule has 1 amide bonds. The van der Waals surface area contributed by atoms with E-state index in [1.54, 1.807) is 11.1 Å². The van der Waals surface area contributed by atoms with Crippen molar-refractivity contribution in [2.45, 2.75) is 52.7 Å². The average Bonchev–Trinajstić information content (AvgIpc) is 2.67. The van der Waals surface area contributed by atoms with Gasteiger partial charge in [0.2, 0.25) is 0 Å². The van der Waals surface area contributed by atoms with Crippen LogP contribution < -0.4 is 0 Å². The third-order valence-electron chi connectivity index (χ3n) is 5.17. The highest BCUT2D eigenvalue weighted by Crippen LogP contribution is 2.31. The summed E-state index contributed by atoms with van der Waals surface area (Å²) in [4.78, 5) is 22.8. The number of nitriles is 1. The minimum absolute atomic E-state index is 0.0846. The minimum Gasteiger partial charge on any atom is -0.446 e. The number of benzene rings is 1. The van der Waals surface area contributed by atoms with Crippen LogP contribution in [0.5, 0.6) is 0 Å². The summed E-state index contributed by atoms with van der Waals surface area (Å²) >= 11 is 0. The van der Waals surface area contributed by atoms with Crippen LogP contribution in [0, 0.1) is 23.7 Å². The van der Waals surface area contributed by atoms with Gasteiger partial charge >= 0.3 is 6.09 Å². The number of rotatable bonds is 5. The Morgan fingerprint density at radius 2 is 2.04 bits per heavy atom. The molecule has 0 radical (unpaired) electrons. The molecule has 1 fully saturated rings. The van der Waals surface area contributed by atoms with Gasteiger partial charge in [0.25, 0.3) is 0 Å². The van der Waals surface area contributed by atoms with E-state index in [1.165, 1.54) is 0 Å². The summed E-state index contributed by atoms with van der Waals surface area (Å²) in [5.74, 6) is 0.736. The van der Waals surface area contributed by atoms with Gasteiger partial charge in [-0.25, -0.2) is 14.8 Å². The molecule has 0 aliphatic carbocycles. The zero-order chi connectivity index (χ0) is 20.3. The molecule has 2 unspecified atom stereocenters. The number of ether oxygens (including phenoxy) is 1. The minimum atomic E-state index is -0.492. The zero-order valence-electron chi connectivity index (χ0n) is 16.8. The molecule has 1 aliphatic heterocycles. The molecule has 0 N–H and O–H groups in total. The van der Waals surface area contributed by atoms with Crippen LogP contribution in [0.3, 0.4) is 0 Å². The standard InChI is InChI=1S/C22H26N4O2/c1-15(26-12-10-19(28-21(26)27)13-22(3,4)14-23)17-5-7-18(8-6-17)20-9-11-24-16(2)25-20/h5-9,11,15,19H,10,12-13H2,1-4H3. The van der Waals surface area contributed by atoms with E-state index in [2.05, 4.69) is 16.0 Å². The number of aromatic nitrogens is 2. The predicted octanol–water partition coefficient (Wildman–Crippen LogP) is 4.66. The number of nitrogens with zero attached hydrogens (tertiary/aromatic N) is 4. The first-order valence-electron chi connectivity index (χ1n) is 9.57. The first kappa shape index (κ1) is 19.8. The van der Waals surface area contributed by atoms with Gasteiger partial charge in [0, 0.05) is 31.1 Å². The van der Waals surface area contributed by atoms with Crippen molar-refractivity contribution in [3.8, 4) is 17.3 Å². The lowest BCUT2D eigenvalue weighted by Gasteiger charge is -2.37. The third-order valence-corrected chi connectivity index (χ3v) is 5.17. The molecule has 2 heterocycles. The van der Waals surface area contributed by atoms with Crippen molar-refractivity contribution in [3.63, 3.8) is 0 Å². The van der Waals surface area contributed by atoms with Gasteiger partial charge < -0.3 is 9.64 Å². The van der Waals surface area contributed by atoms with Gasteiger partial charge in [-0.3, -0.25) is 0 Å². The average molecular weight is 378 g/mol. The third kappa shape index (κ3) is 4.48. The van der Waals surface area contributed by atoms with E-state index in [1.807, 2.05) is 58.0 Å². The molecule has 2 atom stereocenters. The number of hydrogen-bond donors (Lipinski definition) is 0. The Hall–Kier alpha value is -2.94. The summed E-state index contributed by atoms with van der Waals surface area (Å²) in [6.07, 6.45) is 2.54. The molecule has 1 saturated heterocycles. The van der Waals surface area contributed by atoms with Crippen LogP contribution >= 0.6 is 0 Å². The Labute approximate surface area is 166 Å². The van der Waals surface area contributed by atoms with Gasteiger partial charge in [0.15, 0.2) is 0 Å². The Kier molecular flexibility index (Phi) is 5.64. The van der Waals surface area contributed by atoms with E-state index in [-0.39, 0.29) is 18.2 Å². The van der Waals surface area contributed by atoms with Gasteiger partial charge in [-0.15, -0.1) is 0 Å². The fourth-order valence-corrected chi connectivity index (χ4v) is 3.48. The van der Waals surface area contributed by atoms with E-state index in [0.29, 0.717) is 13.0 Å². The van der Waals surface area contributed by atoms with Crippen LogP contribution in [0.25, 0.3) is 11.3 Å². The quantitative estimate of drug-likeness (QED) is 0.756. The molecule has 146 valence electrons. The zero-order valence-corrected chi connectivity index (χ0v) is 16.8. The van der Waals surface area contributed by atoms with Gasteiger partial charge in [-0.2, -0.15) is 5.26 Å². The number of carbonyl (C=O) groups is 1. The van der Waals surface area contributed by atoms with Crippen molar-refractivity contribution < 1.29 is 9.53 Å².